The van der Waals surface area contributed by atoms with E-state index in [0.29, 0.717) is 12.2 Å². The lowest BCUT2D eigenvalue weighted by molar-refractivity contribution is -0.276. The van der Waals surface area contributed by atoms with Crippen LogP contribution in [0.25, 0.3) is 0 Å². The first-order valence-corrected chi connectivity index (χ1v) is 7.93. The van der Waals surface area contributed by atoms with Crippen LogP contribution in [0.2, 0.25) is 0 Å². The number of hydrogen-bond acceptors (Lipinski definition) is 3. The number of ether oxygens (including phenoxy) is 2. The van der Waals surface area contributed by atoms with Crippen LogP contribution in [0.3, 0.4) is 0 Å². The van der Waals surface area contributed by atoms with E-state index in [0.717, 1.165) is 36.6 Å². The minimum absolute atomic E-state index is 0.495. The van der Waals surface area contributed by atoms with Crippen LogP contribution in [0.4, 0.5) is 13.2 Å². The average Bonchev–Trinajstić information content (AvgIpc) is 2.58. The molecule has 25 heavy (non-hydrogen) atoms. The number of alkyl halides is 3. The fourth-order valence-electron chi connectivity index (χ4n) is 1.95. The molecule has 0 spiro atoms. The highest BCUT2D eigenvalue weighted by Crippen LogP contribution is 2.20. The molecule has 0 saturated heterocycles. The Morgan fingerprint density at radius 3 is 2.24 bits per heavy atom. The first-order valence-electron chi connectivity index (χ1n) is 7.93. The third-order valence-electron chi connectivity index (χ3n) is 3.18. The molecule has 0 amide bonds. The Balaban J connectivity index is 1.92. The maximum atomic E-state index is 12.1. The second-order valence-electron chi connectivity index (χ2n) is 5.26. The number of nitrogens with zero attached hydrogens (tertiary/aromatic N) is 1. The van der Waals surface area contributed by atoms with E-state index in [4.69, 9.17) is 4.74 Å². The van der Waals surface area contributed by atoms with Gasteiger partial charge in [-0.1, -0.05) is 31.6 Å². The molecule has 0 aliphatic heterocycles. The summed E-state index contributed by atoms with van der Waals surface area (Å²) in [5.41, 5.74) is 1.27. The minimum atomic E-state index is -4.75. The summed E-state index contributed by atoms with van der Waals surface area (Å²) in [6.45, 7) is 2.83. The van der Waals surface area contributed by atoms with Crippen molar-refractivity contribution >= 4 is 0 Å². The van der Waals surface area contributed by atoms with Gasteiger partial charge in [-0.05, 0) is 36.8 Å². The zero-order valence-electron chi connectivity index (χ0n) is 13.8. The maximum absolute atomic E-state index is 12.1. The van der Waals surface area contributed by atoms with Gasteiger partial charge in [-0.2, -0.15) is 0 Å². The van der Waals surface area contributed by atoms with E-state index in [1.807, 2.05) is 24.3 Å². The van der Waals surface area contributed by atoms with E-state index >= 15 is 0 Å². The van der Waals surface area contributed by atoms with Crippen LogP contribution in [0, 0.1) is 11.8 Å². The molecule has 2 rings (SSSR count). The van der Waals surface area contributed by atoms with Gasteiger partial charge < -0.3 is 9.47 Å². The molecule has 0 bridgehead atoms. The molecule has 1 aromatic heterocycles. The fraction of sp³-hybridized carbons (Fsp3) is 0.316. The van der Waals surface area contributed by atoms with Crippen LogP contribution < -0.4 is 9.47 Å². The highest BCUT2D eigenvalue weighted by molar-refractivity contribution is 5.44. The molecule has 0 atom stereocenters. The number of pyridine rings is 1. The molecule has 1 aromatic carbocycles. The summed E-state index contributed by atoms with van der Waals surface area (Å²) in [5.74, 6) is 6.04. The van der Waals surface area contributed by atoms with Crippen LogP contribution in [0.15, 0.2) is 42.6 Å². The second-order valence-corrected chi connectivity index (χ2v) is 5.26. The quantitative estimate of drug-likeness (QED) is 0.546. The molecule has 1 heterocycles. The largest absolute Gasteiger partial charge is 0.574 e. The lowest BCUT2D eigenvalue weighted by Gasteiger charge is -2.06. The fourth-order valence-corrected chi connectivity index (χ4v) is 1.95. The molecule has 6 heteroatoms. The van der Waals surface area contributed by atoms with Gasteiger partial charge in [0.05, 0.1) is 6.61 Å². The Bertz CT molecular complexity index is 714. The molecule has 0 saturated carbocycles. The minimum Gasteiger partial charge on any atom is -0.494 e. The van der Waals surface area contributed by atoms with Gasteiger partial charge in [0, 0.05) is 23.4 Å². The van der Waals surface area contributed by atoms with Gasteiger partial charge in [-0.3, -0.25) is 0 Å². The first-order chi connectivity index (χ1) is 12.0. The predicted octanol–water partition coefficient (Wildman–Crippen LogP) is 4.95. The lowest BCUT2D eigenvalue weighted by atomic mass is 10.2. The molecule has 3 nitrogen and oxygen atoms in total. The second kappa shape index (κ2) is 8.97. The highest BCUT2D eigenvalue weighted by atomic mass is 19.4. The Kier molecular flexibility index (Phi) is 6.70. The summed E-state index contributed by atoms with van der Waals surface area (Å²) in [5, 5.41) is 0. The molecular weight excluding hydrogens is 331 g/mol. The van der Waals surface area contributed by atoms with Crippen LogP contribution in [-0.4, -0.2) is 18.0 Å². The molecule has 0 N–H and O–H groups in total. The smallest absolute Gasteiger partial charge is 0.494 e. The molecule has 0 radical (unpaired) electrons. The summed E-state index contributed by atoms with van der Waals surface area (Å²) in [4.78, 5) is 3.57. The van der Waals surface area contributed by atoms with Crippen LogP contribution in [-0.2, 0) is 0 Å². The highest BCUT2D eigenvalue weighted by Gasteiger charge is 2.31. The molecule has 132 valence electrons. The summed E-state index contributed by atoms with van der Waals surface area (Å²) in [6, 6.07) is 9.90. The molecular formula is C19H18F3NO2. The number of rotatable bonds is 6. The number of hydrogen-bond donors (Lipinski definition) is 0. The summed E-state index contributed by atoms with van der Waals surface area (Å²) in [6.07, 6.45) is -0.195. The SMILES string of the molecule is CCCCCOc1ccc(C#Cc2ccc(OC(F)(F)F)nc2)cc1. The Hall–Kier alpha value is -2.68. The Morgan fingerprint density at radius 2 is 1.64 bits per heavy atom. The van der Waals surface area contributed by atoms with Gasteiger partial charge in [0.15, 0.2) is 0 Å². The van der Waals surface area contributed by atoms with Crippen molar-refractivity contribution in [2.45, 2.75) is 32.5 Å². The summed E-state index contributed by atoms with van der Waals surface area (Å²) in [7, 11) is 0. The molecule has 0 fully saturated rings. The number of halogens is 3. The van der Waals surface area contributed by atoms with E-state index in [2.05, 4.69) is 28.5 Å². The Labute approximate surface area is 144 Å². The summed E-state index contributed by atoms with van der Waals surface area (Å²) < 4.78 is 45.5. The Morgan fingerprint density at radius 1 is 0.960 bits per heavy atom. The van der Waals surface area contributed by atoms with Crippen molar-refractivity contribution in [1.82, 2.24) is 4.98 Å². The molecule has 0 unspecified atom stereocenters. The van der Waals surface area contributed by atoms with Crippen LogP contribution >= 0.6 is 0 Å². The monoisotopic (exact) mass is 349 g/mol. The van der Waals surface area contributed by atoms with E-state index < -0.39 is 12.2 Å². The third kappa shape index (κ3) is 7.17. The zero-order valence-corrected chi connectivity index (χ0v) is 13.8. The molecule has 0 aliphatic rings. The maximum Gasteiger partial charge on any atom is 0.574 e. The van der Waals surface area contributed by atoms with Gasteiger partial charge in [0.1, 0.15) is 5.75 Å². The topological polar surface area (TPSA) is 31.4 Å². The van der Waals surface area contributed by atoms with Gasteiger partial charge in [0.25, 0.3) is 0 Å². The number of aromatic nitrogens is 1. The van der Waals surface area contributed by atoms with E-state index in [1.165, 1.54) is 12.3 Å². The average molecular weight is 349 g/mol. The number of benzene rings is 1. The van der Waals surface area contributed by atoms with Gasteiger partial charge in [0.2, 0.25) is 5.88 Å². The van der Waals surface area contributed by atoms with E-state index in [1.54, 1.807) is 0 Å². The van der Waals surface area contributed by atoms with Crippen molar-refractivity contribution in [2.75, 3.05) is 6.61 Å². The summed E-state index contributed by atoms with van der Waals surface area (Å²) >= 11 is 0. The van der Waals surface area contributed by atoms with Crippen molar-refractivity contribution in [3.63, 3.8) is 0 Å². The van der Waals surface area contributed by atoms with Crippen LogP contribution in [0.1, 0.15) is 37.3 Å². The van der Waals surface area contributed by atoms with Crippen molar-refractivity contribution < 1.29 is 22.6 Å². The molecule has 2 aromatic rings. The van der Waals surface area contributed by atoms with Crippen LogP contribution in [0.5, 0.6) is 11.6 Å². The van der Waals surface area contributed by atoms with E-state index in [-0.39, 0.29) is 0 Å². The van der Waals surface area contributed by atoms with Crippen molar-refractivity contribution in [3.8, 4) is 23.5 Å². The standard InChI is InChI=1S/C19H18F3NO2/c1-2-3-4-13-24-17-10-7-15(8-11-17)5-6-16-9-12-18(23-14-16)25-19(20,21)22/h7-12,14H,2-4,13H2,1H3. The van der Waals surface area contributed by atoms with Crippen molar-refractivity contribution in [1.29, 1.82) is 0 Å². The third-order valence-corrected chi connectivity index (χ3v) is 3.18. The lowest BCUT2D eigenvalue weighted by Crippen LogP contribution is -2.17. The van der Waals surface area contributed by atoms with Crippen molar-refractivity contribution in [3.05, 3.63) is 53.7 Å². The normalized spacial score (nSPS) is 10.7. The molecule has 0 aliphatic carbocycles. The first kappa shape index (κ1) is 18.7. The van der Waals surface area contributed by atoms with Crippen molar-refractivity contribution in [2.24, 2.45) is 0 Å². The van der Waals surface area contributed by atoms with Gasteiger partial charge >= 0.3 is 6.36 Å². The van der Waals surface area contributed by atoms with Gasteiger partial charge in [-0.15, -0.1) is 13.2 Å². The number of unbranched alkanes of at least 4 members (excludes halogenated alkanes) is 2. The van der Waals surface area contributed by atoms with Gasteiger partial charge in [-0.25, -0.2) is 4.98 Å². The van der Waals surface area contributed by atoms with E-state index in [9.17, 15) is 13.2 Å². The zero-order chi connectivity index (χ0) is 18.1. The predicted molar refractivity (Wildman–Crippen MR) is 88.4 cm³/mol.